The summed E-state index contributed by atoms with van der Waals surface area (Å²) in [6, 6.07) is 4.66. The quantitative estimate of drug-likeness (QED) is 0.810. The Morgan fingerprint density at radius 3 is 2.89 bits per heavy atom. The maximum absolute atomic E-state index is 11.9. The van der Waals surface area contributed by atoms with Gasteiger partial charge in [-0.25, -0.2) is 9.97 Å². The Kier molecular flexibility index (Phi) is 3.22. The number of carbonyl (C=O) groups is 1. The number of carbonyl (C=O) groups excluding carboxylic acids is 1. The lowest BCUT2D eigenvalue weighted by Crippen LogP contribution is -2.29. The second-order valence-electron chi connectivity index (χ2n) is 3.88. The number of aryl methyl sites for hydroxylation is 1. The highest BCUT2D eigenvalue weighted by molar-refractivity contribution is 5.92. The van der Waals surface area contributed by atoms with Crippen LogP contribution in [0.25, 0.3) is 0 Å². The van der Waals surface area contributed by atoms with Crippen LogP contribution in [0.1, 0.15) is 29.3 Å². The zero-order valence-corrected chi connectivity index (χ0v) is 10.2. The van der Waals surface area contributed by atoms with Gasteiger partial charge in [-0.15, -0.1) is 0 Å². The lowest BCUT2D eigenvalue weighted by Gasteiger charge is -2.12. The Morgan fingerprint density at radius 2 is 2.28 bits per heavy atom. The molecule has 0 aliphatic heterocycles. The molecule has 1 amide bonds. The van der Waals surface area contributed by atoms with Crippen LogP contribution >= 0.6 is 0 Å². The third kappa shape index (κ3) is 2.45. The van der Waals surface area contributed by atoms with Gasteiger partial charge in [-0.05, 0) is 19.1 Å². The first-order valence-electron chi connectivity index (χ1n) is 5.45. The van der Waals surface area contributed by atoms with E-state index in [1.54, 1.807) is 29.9 Å². The first-order valence-corrected chi connectivity index (χ1v) is 5.45. The van der Waals surface area contributed by atoms with Gasteiger partial charge in [-0.1, -0.05) is 6.07 Å². The smallest absolute Gasteiger partial charge is 0.270 e. The molecule has 0 saturated heterocycles. The molecule has 7 nitrogen and oxygen atoms in total. The van der Waals surface area contributed by atoms with Crippen LogP contribution in [0.15, 0.2) is 24.5 Å². The molecule has 0 aliphatic carbocycles. The minimum atomic E-state index is -0.294. The van der Waals surface area contributed by atoms with Crippen molar-refractivity contribution in [3.8, 4) is 0 Å². The number of aromatic nitrogens is 4. The predicted octanol–water partition coefficient (Wildman–Crippen LogP) is 0.283. The van der Waals surface area contributed by atoms with Crippen molar-refractivity contribution < 1.29 is 4.79 Å². The van der Waals surface area contributed by atoms with E-state index < -0.39 is 0 Å². The molecule has 0 aromatic carbocycles. The summed E-state index contributed by atoms with van der Waals surface area (Å²) < 4.78 is 1.61. The largest absolute Gasteiger partial charge is 0.384 e. The normalized spacial score (nSPS) is 12.1. The average Bonchev–Trinajstić information content (AvgIpc) is 2.75. The first-order chi connectivity index (χ1) is 8.58. The van der Waals surface area contributed by atoms with Crippen molar-refractivity contribution in [3.05, 3.63) is 36.0 Å². The number of nitrogens with one attached hydrogen (secondary N) is 1. The molecular formula is C11H14N6O. The van der Waals surface area contributed by atoms with Crippen LogP contribution in [0.2, 0.25) is 0 Å². The van der Waals surface area contributed by atoms with Crippen molar-refractivity contribution >= 4 is 11.7 Å². The maximum Gasteiger partial charge on any atom is 0.270 e. The molecule has 0 aliphatic rings. The molecule has 2 aromatic rings. The van der Waals surface area contributed by atoms with Gasteiger partial charge in [0.15, 0.2) is 0 Å². The van der Waals surface area contributed by atoms with E-state index in [9.17, 15) is 4.79 Å². The van der Waals surface area contributed by atoms with E-state index in [4.69, 9.17) is 5.73 Å². The summed E-state index contributed by atoms with van der Waals surface area (Å²) >= 11 is 0. The third-order valence-electron chi connectivity index (χ3n) is 2.48. The molecule has 0 unspecified atom stereocenters. The second-order valence-corrected chi connectivity index (χ2v) is 3.88. The molecule has 2 aromatic heterocycles. The van der Waals surface area contributed by atoms with Crippen molar-refractivity contribution in [1.82, 2.24) is 25.1 Å². The van der Waals surface area contributed by atoms with E-state index in [0.29, 0.717) is 11.6 Å². The van der Waals surface area contributed by atoms with Gasteiger partial charge in [-0.2, -0.15) is 5.10 Å². The van der Waals surface area contributed by atoms with Crippen molar-refractivity contribution in [2.24, 2.45) is 7.05 Å². The molecule has 3 N–H and O–H groups in total. The van der Waals surface area contributed by atoms with Crippen molar-refractivity contribution in [3.63, 3.8) is 0 Å². The van der Waals surface area contributed by atoms with Gasteiger partial charge < -0.3 is 11.1 Å². The van der Waals surface area contributed by atoms with Crippen LogP contribution in [-0.4, -0.2) is 25.7 Å². The first kappa shape index (κ1) is 12.0. The summed E-state index contributed by atoms with van der Waals surface area (Å²) in [4.78, 5) is 20.0. The molecule has 0 bridgehead atoms. The fraction of sp³-hybridized carbons (Fsp3) is 0.273. The van der Waals surface area contributed by atoms with Gasteiger partial charge in [0.1, 0.15) is 23.7 Å². The van der Waals surface area contributed by atoms with E-state index in [1.165, 1.54) is 6.33 Å². The Hall–Kier alpha value is -2.44. The Balaban J connectivity index is 2.10. The van der Waals surface area contributed by atoms with Gasteiger partial charge in [0.05, 0.1) is 6.04 Å². The molecule has 7 heteroatoms. The molecule has 2 rings (SSSR count). The summed E-state index contributed by atoms with van der Waals surface area (Å²) in [6.07, 6.45) is 1.44. The number of pyridine rings is 1. The van der Waals surface area contributed by atoms with E-state index in [-0.39, 0.29) is 17.6 Å². The number of anilines is 1. The van der Waals surface area contributed by atoms with Crippen molar-refractivity contribution in [2.45, 2.75) is 13.0 Å². The molecule has 1 atom stereocenters. The minimum absolute atomic E-state index is 0.256. The van der Waals surface area contributed by atoms with E-state index >= 15 is 0 Å². The molecule has 18 heavy (non-hydrogen) atoms. The molecule has 0 fully saturated rings. The molecule has 0 saturated carbocycles. The molecular weight excluding hydrogens is 232 g/mol. The van der Waals surface area contributed by atoms with Crippen LogP contribution in [-0.2, 0) is 7.05 Å². The van der Waals surface area contributed by atoms with Crippen LogP contribution in [0, 0.1) is 0 Å². The van der Waals surface area contributed by atoms with Gasteiger partial charge >= 0.3 is 0 Å². The Labute approximate surface area is 104 Å². The number of hydrogen-bond donors (Lipinski definition) is 2. The standard InChI is InChI=1S/C11H14N6O/c1-7(10-13-6-14-17(10)2)15-11(18)8-4-3-5-9(12)16-8/h3-7H,1-2H3,(H2,12,16)(H,15,18)/t7-/m0/s1. The summed E-state index contributed by atoms with van der Waals surface area (Å²) in [6.45, 7) is 1.83. The molecule has 0 radical (unpaired) electrons. The summed E-state index contributed by atoms with van der Waals surface area (Å²) in [5, 5.41) is 6.74. The highest BCUT2D eigenvalue weighted by atomic mass is 16.1. The van der Waals surface area contributed by atoms with E-state index in [1.807, 2.05) is 6.92 Å². The number of nitrogens with two attached hydrogens (primary N) is 1. The average molecular weight is 246 g/mol. The predicted molar refractivity (Wildman–Crippen MR) is 65.5 cm³/mol. The van der Waals surface area contributed by atoms with Gasteiger partial charge in [-0.3, -0.25) is 9.48 Å². The maximum atomic E-state index is 11.9. The van der Waals surface area contributed by atoms with Gasteiger partial charge in [0, 0.05) is 7.05 Å². The van der Waals surface area contributed by atoms with Crippen LogP contribution in [0.5, 0.6) is 0 Å². The highest BCUT2D eigenvalue weighted by Crippen LogP contribution is 2.08. The zero-order chi connectivity index (χ0) is 13.1. The summed E-state index contributed by atoms with van der Waals surface area (Å²) in [5.74, 6) is 0.694. The summed E-state index contributed by atoms with van der Waals surface area (Å²) in [7, 11) is 1.77. The van der Waals surface area contributed by atoms with Gasteiger partial charge in [0.2, 0.25) is 0 Å². The number of nitrogens with zero attached hydrogens (tertiary/aromatic N) is 4. The SMILES string of the molecule is C[C@H](NC(=O)c1cccc(N)n1)c1ncnn1C. The zero-order valence-electron chi connectivity index (χ0n) is 10.2. The van der Waals surface area contributed by atoms with Crippen LogP contribution < -0.4 is 11.1 Å². The minimum Gasteiger partial charge on any atom is -0.384 e. The van der Waals surface area contributed by atoms with Crippen molar-refractivity contribution in [1.29, 1.82) is 0 Å². The van der Waals surface area contributed by atoms with Crippen LogP contribution in [0.3, 0.4) is 0 Å². The second kappa shape index (κ2) is 4.82. The molecule has 94 valence electrons. The fourth-order valence-corrected chi connectivity index (χ4v) is 1.61. The summed E-state index contributed by atoms with van der Waals surface area (Å²) in [5.41, 5.74) is 5.81. The number of hydrogen-bond acceptors (Lipinski definition) is 5. The van der Waals surface area contributed by atoms with E-state index in [0.717, 1.165) is 0 Å². The monoisotopic (exact) mass is 246 g/mol. The topological polar surface area (TPSA) is 98.7 Å². The lowest BCUT2D eigenvalue weighted by molar-refractivity contribution is 0.0933. The number of rotatable bonds is 3. The molecule has 2 heterocycles. The number of nitrogen functional groups attached to an aromatic ring is 1. The Morgan fingerprint density at radius 1 is 1.50 bits per heavy atom. The third-order valence-corrected chi connectivity index (χ3v) is 2.48. The van der Waals surface area contributed by atoms with Gasteiger partial charge in [0.25, 0.3) is 5.91 Å². The Bertz CT molecular complexity index is 564. The van der Waals surface area contributed by atoms with E-state index in [2.05, 4.69) is 20.4 Å². The van der Waals surface area contributed by atoms with Crippen LogP contribution in [0.4, 0.5) is 5.82 Å². The number of amides is 1. The lowest BCUT2D eigenvalue weighted by atomic mass is 10.2. The highest BCUT2D eigenvalue weighted by Gasteiger charge is 2.15. The fourth-order valence-electron chi connectivity index (χ4n) is 1.61. The van der Waals surface area contributed by atoms with Crippen molar-refractivity contribution in [2.75, 3.05) is 5.73 Å². The molecule has 0 spiro atoms.